The Labute approximate surface area is 124 Å². The summed E-state index contributed by atoms with van der Waals surface area (Å²) in [6.07, 6.45) is 0. The van der Waals surface area contributed by atoms with E-state index in [-0.39, 0.29) is 5.82 Å². The molecular formula is C15H11BrFNO2. The fraction of sp³-hybridized carbons (Fsp3) is 0.133. The lowest BCUT2D eigenvalue weighted by atomic mass is 10.2. The Kier molecular flexibility index (Phi) is 4.97. The molecule has 0 N–H and O–H groups in total. The van der Waals surface area contributed by atoms with Gasteiger partial charge in [-0.05, 0) is 58.4 Å². The standard InChI is InChI=1S/C15H11BrFNO2/c16-14-9-12(17)3-6-15(14)20-8-7-19-13-4-1-11(10-18)2-5-13/h1-6,9H,7-8H2. The molecule has 0 bridgehead atoms. The summed E-state index contributed by atoms with van der Waals surface area (Å²) >= 11 is 3.22. The van der Waals surface area contributed by atoms with E-state index in [2.05, 4.69) is 15.9 Å². The van der Waals surface area contributed by atoms with Crippen molar-refractivity contribution in [1.82, 2.24) is 0 Å². The molecule has 0 saturated carbocycles. The molecule has 0 aliphatic rings. The number of nitrogens with zero attached hydrogens (tertiary/aromatic N) is 1. The van der Waals surface area contributed by atoms with Gasteiger partial charge in [-0.3, -0.25) is 0 Å². The third-order valence-electron chi connectivity index (χ3n) is 2.49. The number of halogens is 2. The minimum atomic E-state index is -0.321. The third kappa shape index (κ3) is 3.97. The maximum atomic E-state index is 12.9. The van der Waals surface area contributed by atoms with Gasteiger partial charge >= 0.3 is 0 Å². The van der Waals surface area contributed by atoms with Crippen molar-refractivity contribution in [2.75, 3.05) is 13.2 Å². The summed E-state index contributed by atoms with van der Waals surface area (Å²) in [5.74, 6) is 0.915. The molecule has 2 aromatic carbocycles. The third-order valence-corrected chi connectivity index (χ3v) is 3.11. The van der Waals surface area contributed by atoms with Crippen LogP contribution in [0.2, 0.25) is 0 Å². The molecule has 0 aromatic heterocycles. The molecular weight excluding hydrogens is 325 g/mol. The molecule has 3 nitrogen and oxygen atoms in total. The van der Waals surface area contributed by atoms with Crippen molar-refractivity contribution in [3.05, 3.63) is 58.3 Å². The molecule has 0 unspecified atom stereocenters. The first-order valence-corrected chi connectivity index (χ1v) is 6.69. The lowest BCUT2D eigenvalue weighted by molar-refractivity contribution is 0.216. The van der Waals surface area contributed by atoms with Gasteiger partial charge in [-0.2, -0.15) is 5.26 Å². The molecule has 0 saturated heterocycles. The summed E-state index contributed by atoms with van der Waals surface area (Å²) in [6, 6.07) is 13.1. The summed E-state index contributed by atoms with van der Waals surface area (Å²) < 4.78 is 24.4. The molecule has 0 aliphatic carbocycles. The van der Waals surface area contributed by atoms with Gasteiger partial charge in [0, 0.05) is 0 Å². The largest absolute Gasteiger partial charge is 0.490 e. The van der Waals surface area contributed by atoms with E-state index in [1.807, 2.05) is 6.07 Å². The van der Waals surface area contributed by atoms with Crippen LogP contribution in [0.4, 0.5) is 4.39 Å². The minimum absolute atomic E-state index is 0.321. The number of rotatable bonds is 5. The van der Waals surface area contributed by atoms with Crippen molar-refractivity contribution in [2.24, 2.45) is 0 Å². The lowest BCUT2D eigenvalue weighted by Crippen LogP contribution is -2.09. The molecule has 102 valence electrons. The zero-order valence-electron chi connectivity index (χ0n) is 10.5. The summed E-state index contributed by atoms with van der Waals surface area (Å²) in [5.41, 5.74) is 0.587. The van der Waals surface area contributed by atoms with Gasteiger partial charge in [-0.1, -0.05) is 0 Å². The zero-order valence-corrected chi connectivity index (χ0v) is 12.1. The van der Waals surface area contributed by atoms with Crippen LogP contribution in [0.15, 0.2) is 46.9 Å². The molecule has 0 aliphatic heterocycles. The molecule has 2 rings (SSSR count). The average molecular weight is 336 g/mol. The fourth-order valence-electron chi connectivity index (χ4n) is 1.53. The van der Waals surface area contributed by atoms with Crippen molar-refractivity contribution in [3.63, 3.8) is 0 Å². The molecule has 0 radical (unpaired) electrons. The number of nitriles is 1. The highest BCUT2D eigenvalue weighted by Gasteiger charge is 2.02. The summed E-state index contributed by atoms with van der Waals surface area (Å²) in [4.78, 5) is 0. The summed E-state index contributed by atoms with van der Waals surface area (Å²) in [7, 11) is 0. The van der Waals surface area contributed by atoms with Gasteiger partial charge in [0.1, 0.15) is 30.5 Å². The molecule has 0 atom stereocenters. The first kappa shape index (κ1) is 14.4. The van der Waals surface area contributed by atoms with E-state index in [4.69, 9.17) is 14.7 Å². The molecule has 2 aromatic rings. The summed E-state index contributed by atoms with van der Waals surface area (Å²) in [5, 5.41) is 8.67. The molecule has 5 heteroatoms. The van der Waals surface area contributed by atoms with Crippen LogP contribution in [0.3, 0.4) is 0 Å². The number of hydrogen-bond donors (Lipinski definition) is 0. The van der Waals surface area contributed by atoms with E-state index in [0.29, 0.717) is 34.7 Å². The second-order valence-corrected chi connectivity index (χ2v) is 4.76. The Morgan fingerprint density at radius 2 is 1.75 bits per heavy atom. The number of hydrogen-bond acceptors (Lipinski definition) is 3. The second-order valence-electron chi connectivity index (χ2n) is 3.91. The number of benzene rings is 2. The Balaban J connectivity index is 1.80. The fourth-order valence-corrected chi connectivity index (χ4v) is 1.99. The molecule has 20 heavy (non-hydrogen) atoms. The second kappa shape index (κ2) is 6.92. The van der Waals surface area contributed by atoms with Gasteiger partial charge in [0.2, 0.25) is 0 Å². The molecule has 0 amide bonds. The van der Waals surface area contributed by atoms with Crippen molar-refractivity contribution in [2.45, 2.75) is 0 Å². The minimum Gasteiger partial charge on any atom is -0.490 e. The van der Waals surface area contributed by atoms with Crippen molar-refractivity contribution < 1.29 is 13.9 Å². The lowest BCUT2D eigenvalue weighted by Gasteiger charge is -2.09. The molecule has 0 spiro atoms. The Morgan fingerprint density at radius 3 is 2.40 bits per heavy atom. The predicted octanol–water partition coefficient (Wildman–Crippen LogP) is 3.92. The van der Waals surface area contributed by atoms with Crippen LogP contribution in [0.1, 0.15) is 5.56 Å². The monoisotopic (exact) mass is 335 g/mol. The van der Waals surface area contributed by atoms with Crippen LogP contribution in [-0.4, -0.2) is 13.2 Å². The van der Waals surface area contributed by atoms with E-state index in [1.54, 1.807) is 30.3 Å². The van der Waals surface area contributed by atoms with Gasteiger partial charge in [-0.15, -0.1) is 0 Å². The maximum absolute atomic E-state index is 12.9. The molecule has 0 heterocycles. The van der Waals surface area contributed by atoms with Crippen molar-refractivity contribution >= 4 is 15.9 Å². The quantitative estimate of drug-likeness (QED) is 0.778. The van der Waals surface area contributed by atoms with Crippen LogP contribution in [0.5, 0.6) is 11.5 Å². The van der Waals surface area contributed by atoms with E-state index < -0.39 is 0 Å². The van der Waals surface area contributed by atoms with Crippen LogP contribution < -0.4 is 9.47 Å². The van der Waals surface area contributed by atoms with Gasteiger partial charge in [0.05, 0.1) is 16.1 Å². The van der Waals surface area contributed by atoms with E-state index in [0.717, 1.165) is 0 Å². The SMILES string of the molecule is N#Cc1ccc(OCCOc2ccc(F)cc2Br)cc1. The van der Waals surface area contributed by atoms with Gasteiger partial charge in [0.15, 0.2) is 0 Å². The Hall–Kier alpha value is -2.06. The van der Waals surface area contributed by atoms with Gasteiger partial charge < -0.3 is 9.47 Å². The topological polar surface area (TPSA) is 42.2 Å². The highest BCUT2D eigenvalue weighted by atomic mass is 79.9. The van der Waals surface area contributed by atoms with E-state index >= 15 is 0 Å². The smallest absolute Gasteiger partial charge is 0.133 e. The highest BCUT2D eigenvalue weighted by Crippen LogP contribution is 2.25. The zero-order chi connectivity index (χ0) is 14.4. The van der Waals surface area contributed by atoms with Crippen LogP contribution >= 0.6 is 15.9 Å². The first-order valence-electron chi connectivity index (χ1n) is 5.90. The van der Waals surface area contributed by atoms with Gasteiger partial charge in [-0.25, -0.2) is 4.39 Å². The average Bonchev–Trinajstić information content (AvgIpc) is 2.46. The Bertz CT molecular complexity index is 623. The van der Waals surface area contributed by atoms with Crippen LogP contribution in [0.25, 0.3) is 0 Å². The molecule has 0 fully saturated rings. The summed E-state index contributed by atoms with van der Waals surface area (Å²) in [6.45, 7) is 0.694. The predicted molar refractivity (Wildman–Crippen MR) is 76.2 cm³/mol. The van der Waals surface area contributed by atoms with Crippen molar-refractivity contribution in [1.29, 1.82) is 5.26 Å². The highest BCUT2D eigenvalue weighted by molar-refractivity contribution is 9.10. The first-order chi connectivity index (χ1) is 9.69. The van der Waals surface area contributed by atoms with E-state index in [1.165, 1.54) is 12.1 Å². The maximum Gasteiger partial charge on any atom is 0.133 e. The normalized spacial score (nSPS) is 9.85. The van der Waals surface area contributed by atoms with Gasteiger partial charge in [0.25, 0.3) is 0 Å². The van der Waals surface area contributed by atoms with Crippen LogP contribution in [-0.2, 0) is 0 Å². The number of ether oxygens (including phenoxy) is 2. The van der Waals surface area contributed by atoms with E-state index in [9.17, 15) is 4.39 Å². The van der Waals surface area contributed by atoms with Crippen LogP contribution in [0, 0.1) is 17.1 Å². The van der Waals surface area contributed by atoms with Crippen molar-refractivity contribution in [3.8, 4) is 17.6 Å². The Morgan fingerprint density at radius 1 is 1.05 bits per heavy atom.